The minimum atomic E-state index is -4.98. The molecule has 0 bridgehead atoms. The smallest absolute Gasteiger partial charge is 0.298 e. The molecule has 11 heteroatoms. The van der Waals surface area contributed by atoms with Crippen molar-refractivity contribution in [3.63, 3.8) is 0 Å². The van der Waals surface area contributed by atoms with E-state index < -0.39 is 41.4 Å². The third-order valence-electron chi connectivity index (χ3n) is 6.04. The number of halogens is 3. The number of sulfone groups is 1. The van der Waals surface area contributed by atoms with Crippen LogP contribution >= 0.6 is 0 Å². The number of benzene rings is 2. The lowest BCUT2D eigenvalue weighted by Crippen LogP contribution is -2.47. The molecule has 188 valence electrons. The first kappa shape index (κ1) is 26.7. The Morgan fingerprint density at radius 1 is 0.912 bits per heavy atom. The van der Waals surface area contributed by atoms with Gasteiger partial charge in [-0.15, -0.1) is 0 Å². The highest BCUT2D eigenvalue weighted by molar-refractivity contribution is 7.91. The molecule has 34 heavy (non-hydrogen) atoms. The van der Waals surface area contributed by atoms with Crippen LogP contribution in [-0.4, -0.2) is 46.9 Å². The summed E-state index contributed by atoms with van der Waals surface area (Å²) in [5.74, 6) is -0.0288. The standard InChI is InChI=1S/C23H29F3N2O4S2/c1-22(2,3)28-13-11-17(12-14-28)16-27-34(31,32)21-15-19(9-10-20(21)23(24,25)26)33(29,30)18-7-5-4-6-8-18/h4-10,15,17,27H,11-14,16H2,1-3H3. The number of rotatable bonds is 6. The molecule has 1 saturated heterocycles. The minimum absolute atomic E-state index is 0.0171. The lowest BCUT2D eigenvalue weighted by Gasteiger charge is -2.40. The SMILES string of the molecule is CC(C)(C)N1CCC(CNS(=O)(=O)c2cc(S(=O)(=O)c3ccccc3)ccc2C(F)(F)F)CC1. The lowest BCUT2D eigenvalue weighted by molar-refractivity contribution is -0.139. The van der Waals surface area contributed by atoms with Crippen LogP contribution in [-0.2, 0) is 26.0 Å². The molecule has 1 aliphatic rings. The first-order valence-corrected chi connectivity index (χ1v) is 13.8. The van der Waals surface area contributed by atoms with Crippen molar-refractivity contribution in [1.82, 2.24) is 9.62 Å². The molecule has 0 amide bonds. The molecular formula is C23H29F3N2O4S2. The Bertz CT molecular complexity index is 1220. The van der Waals surface area contributed by atoms with E-state index in [0.29, 0.717) is 25.0 Å². The molecule has 2 aromatic carbocycles. The Labute approximate surface area is 199 Å². The van der Waals surface area contributed by atoms with Crippen LogP contribution in [0.3, 0.4) is 0 Å². The van der Waals surface area contributed by atoms with E-state index in [2.05, 4.69) is 30.4 Å². The first-order chi connectivity index (χ1) is 15.6. The topological polar surface area (TPSA) is 83.6 Å². The second kappa shape index (κ2) is 9.60. The number of sulfonamides is 1. The van der Waals surface area contributed by atoms with Gasteiger partial charge in [0.15, 0.2) is 0 Å². The van der Waals surface area contributed by atoms with Crippen LogP contribution in [0.4, 0.5) is 13.2 Å². The number of hydrogen-bond acceptors (Lipinski definition) is 5. The van der Waals surface area contributed by atoms with Crippen molar-refractivity contribution in [3.8, 4) is 0 Å². The summed E-state index contributed by atoms with van der Waals surface area (Å²) in [4.78, 5) is 0.517. The Morgan fingerprint density at radius 2 is 1.50 bits per heavy atom. The summed E-state index contributed by atoms with van der Waals surface area (Å²) in [6.07, 6.45) is -3.57. The van der Waals surface area contributed by atoms with Gasteiger partial charge in [0.05, 0.1) is 20.2 Å². The molecule has 6 nitrogen and oxygen atoms in total. The van der Waals surface area contributed by atoms with E-state index in [9.17, 15) is 30.0 Å². The number of hydrogen-bond donors (Lipinski definition) is 1. The zero-order valence-corrected chi connectivity index (χ0v) is 20.9. The van der Waals surface area contributed by atoms with Gasteiger partial charge < -0.3 is 0 Å². The van der Waals surface area contributed by atoms with Gasteiger partial charge in [-0.25, -0.2) is 21.6 Å². The van der Waals surface area contributed by atoms with E-state index in [1.54, 1.807) is 6.07 Å². The van der Waals surface area contributed by atoms with Crippen LogP contribution in [0.25, 0.3) is 0 Å². The Kier molecular flexibility index (Phi) is 7.52. The highest BCUT2D eigenvalue weighted by Crippen LogP contribution is 2.36. The fraction of sp³-hybridized carbons (Fsp3) is 0.478. The quantitative estimate of drug-likeness (QED) is 0.616. The van der Waals surface area contributed by atoms with Crippen molar-refractivity contribution >= 4 is 19.9 Å². The van der Waals surface area contributed by atoms with Gasteiger partial charge in [0, 0.05) is 12.1 Å². The summed E-state index contributed by atoms with van der Waals surface area (Å²) in [5.41, 5.74) is -1.42. The van der Waals surface area contributed by atoms with Gasteiger partial charge in [0.25, 0.3) is 0 Å². The Morgan fingerprint density at radius 3 is 2.03 bits per heavy atom. The monoisotopic (exact) mass is 518 g/mol. The van der Waals surface area contributed by atoms with Crippen LogP contribution in [0, 0.1) is 5.92 Å². The maximum Gasteiger partial charge on any atom is 0.417 e. The molecule has 0 aliphatic carbocycles. The van der Waals surface area contributed by atoms with Crippen LogP contribution in [0.1, 0.15) is 39.2 Å². The van der Waals surface area contributed by atoms with Crippen molar-refractivity contribution < 1.29 is 30.0 Å². The molecule has 0 unspecified atom stereocenters. The minimum Gasteiger partial charge on any atom is -0.298 e. The molecular weight excluding hydrogens is 489 g/mol. The Hall–Kier alpha value is -1.95. The second-order valence-electron chi connectivity index (χ2n) is 9.43. The molecule has 1 heterocycles. The predicted molar refractivity (Wildman–Crippen MR) is 123 cm³/mol. The fourth-order valence-electron chi connectivity index (χ4n) is 3.98. The molecule has 1 aliphatic heterocycles. The van der Waals surface area contributed by atoms with Crippen molar-refractivity contribution in [2.24, 2.45) is 5.92 Å². The molecule has 0 radical (unpaired) electrons. The predicted octanol–water partition coefficient (Wildman–Crippen LogP) is 4.33. The normalized spacial score (nSPS) is 17.1. The molecule has 1 fully saturated rings. The van der Waals surface area contributed by atoms with Gasteiger partial charge in [-0.1, -0.05) is 18.2 Å². The van der Waals surface area contributed by atoms with E-state index in [-0.39, 0.29) is 22.9 Å². The van der Waals surface area contributed by atoms with Crippen molar-refractivity contribution in [3.05, 3.63) is 54.1 Å². The van der Waals surface area contributed by atoms with E-state index in [4.69, 9.17) is 0 Å². The summed E-state index contributed by atoms with van der Waals surface area (Å²) in [7, 11) is -8.83. The third-order valence-corrected chi connectivity index (χ3v) is 9.27. The number of alkyl halides is 3. The summed E-state index contributed by atoms with van der Waals surface area (Å²) in [6, 6.07) is 9.01. The number of nitrogens with one attached hydrogen (secondary N) is 1. The first-order valence-electron chi connectivity index (χ1n) is 10.9. The summed E-state index contributed by atoms with van der Waals surface area (Å²) in [5, 5.41) is 0. The molecule has 0 atom stereocenters. The number of likely N-dealkylation sites (tertiary alicyclic amines) is 1. The van der Waals surface area contributed by atoms with Crippen LogP contribution in [0.15, 0.2) is 63.2 Å². The number of nitrogens with zero attached hydrogens (tertiary/aromatic N) is 1. The van der Waals surface area contributed by atoms with E-state index >= 15 is 0 Å². The van der Waals surface area contributed by atoms with E-state index in [0.717, 1.165) is 19.2 Å². The van der Waals surface area contributed by atoms with Crippen molar-refractivity contribution in [2.45, 2.75) is 60.0 Å². The molecule has 1 N–H and O–H groups in total. The van der Waals surface area contributed by atoms with Gasteiger partial charge in [-0.2, -0.15) is 13.2 Å². The molecule has 3 rings (SSSR count). The zero-order chi connectivity index (χ0) is 25.4. The van der Waals surface area contributed by atoms with Gasteiger partial charge in [-0.05, 0) is 83.0 Å². The summed E-state index contributed by atoms with van der Waals surface area (Å²) < 4.78 is 94.9. The van der Waals surface area contributed by atoms with Crippen LogP contribution in [0.5, 0.6) is 0 Å². The average molecular weight is 519 g/mol. The lowest BCUT2D eigenvalue weighted by atomic mass is 9.93. The van der Waals surface area contributed by atoms with E-state index in [1.807, 2.05) is 0 Å². The highest BCUT2D eigenvalue weighted by Gasteiger charge is 2.38. The summed E-state index contributed by atoms with van der Waals surface area (Å²) in [6.45, 7) is 7.76. The van der Waals surface area contributed by atoms with E-state index in [1.165, 1.54) is 24.3 Å². The largest absolute Gasteiger partial charge is 0.417 e. The molecule has 0 spiro atoms. The Balaban J connectivity index is 1.88. The van der Waals surface area contributed by atoms with Gasteiger partial charge >= 0.3 is 6.18 Å². The summed E-state index contributed by atoms with van der Waals surface area (Å²) >= 11 is 0. The highest BCUT2D eigenvalue weighted by atomic mass is 32.2. The maximum atomic E-state index is 13.6. The van der Waals surface area contributed by atoms with Crippen molar-refractivity contribution in [2.75, 3.05) is 19.6 Å². The average Bonchev–Trinajstić information content (AvgIpc) is 2.77. The zero-order valence-electron chi connectivity index (χ0n) is 19.3. The molecule has 0 saturated carbocycles. The van der Waals surface area contributed by atoms with Gasteiger partial charge in [0.1, 0.15) is 0 Å². The third kappa shape index (κ3) is 5.99. The fourth-order valence-corrected chi connectivity index (χ4v) is 6.72. The molecule has 2 aromatic rings. The number of piperidine rings is 1. The van der Waals surface area contributed by atoms with Gasteiger partial charge in [0.2, 0.25) is 19.9 Å². The van der Waals surface area contributed by atoms with Gasteiger partial charge in [-0.3, -0.25) is 4.90 Å². The van der Waals surface area contributed by atoms with Crippen LogP contribution < -0.4 is 4.72 Å². The van der Waals surface area contributed by atoms with Crippen LogP contribution in [0.2, 0.25) is 0 Å². The van der Waals surface area contributed by atoms with Crippen molar-refractivity contribution in [1.29, 1.82) is 0 Å². The second-order valence-corrected chi connectivity index (χ2v) is 13.1. The molecule has 0 aromatic heterocycles. The maximum absolute atomic E-state index is 13.6.